The van der Waals surface area contributed by atoms with Crippen LogP contribution in [-0.4, -0.2) is 41.5 Å². The molecule has 1 aliphatic heterocycles. The molecule has 1 saturated heterocycles. The Labute approximate surface area is 133 Å². The molecule has 5 nitrogen and oxygen atoms in total. The largest absolute Gasteiger partial charge is 0.486 e. The van der Waals surface area contributed by atoms with Crippen molar-refractivity contribution in [3.63, 3.8) is 0 Å². The van der Waals surface area contributed by atoms with E-state index < -0.39 is 0 Å². The van der Waals surface area contributed by atoms with Crippen LogP contribution in [0.4, 0.5) is 0 Å². The molecule has 116 valence electrons. The quantitative estimate of drug-likeness (QED) is 0.939. The Balaban J connectivity index is 1.73. The van der Waals surface area contributed by atoms with Gasteiger partial charge in [0.1, 0.15) is 12.4 Å². The second-order valence-electron chi connectivity index (χ2n) is 5.37. The van der Waals surface area contributed by atoms with Crippen LogP contribution < -0.4 is 10.1 Å². The highest BCUT2D eigenvalue weighted by molar-refractivity contribution is 7.07. The van der Waals surface area contributed by atoms with Crippen LogP contribution in [0.15, 0.2) is 35.2 Å². The molecular weight excluding hydrogens is 298 g/mol. The molecule has 3 rings (SSSR count). The number of amides is 1. The lowest BCUT2D eigenvalue weighted by Gasteiger charge is -2.32. The van der Waals surface area contributed by atoms with Gasteiger partial charge in [0.2, 0.25) is 0 Å². The summed E-state index contributed by atoms with van der Waals surface area (Å²) < 4.78 is 5.80. The molecule has 1 unspecified atom stereocenters. The van der Waals surface area contributed by atoms with Gasteiger partial charge in [-0.3, -0.25) is 4.79 Å². The minimum Gasteiger partial charge on any atom is -0.486 e. The molecule has 1 amide bonds. The number of piperazine rings is 1. The SMILES string of the molecule is CC1CN(C(=O)c2ccccc2OCc2cscn2)CCN1. The lowest BCUT2D eigenvalue weighted by Crippen LogP contribution is -2.51. The zero-order valence-corrected chi connectivity index (χ0v) is 13.3. The first-order chi connectivity index (χ1) is 10.7. The van der Waals surface area contributed by atoms with Crippen molar-refractivity contribution in [2.75, 3.05) is 19.6 Å². The first kappa shape index (κ1) is 15.0. The maximum atomic E-state index is 12.7. The van der Waals surface area contributed by atoms with E-state index in [4.69, 9.17) is 4.74 Å². The van der Waals surface area contributed by atoms with Crippen molar-refractivity contribution in [1.29, 1.82) is 0 Å². The standard InChI is InChI=1S/C16H19N3O2S/c1-12-8-19(7-6-17-12)16(20)14-4-2-3-5-15(14)21-9-13-10-22-11-18-13/h2-5,10-12,17H,6-9H2,1H3. The van der Waals surface area contributed by atoms with E-state index >= 15 is 0 Å². The summed E-state index contributed by atoms with van der Waals surface area (Å²) in [6, 6.07) is 7.74. The van der Waals surface area contributed by atoms with Gasteiger partial charge in [0.05, 0.1) is 16.8 Å². The highest BCUT2D eigenvalue weighted by Gasteiger charge is 2.23. The van der Waals surface area contributed by atoms with Gasteiger partial charge in [-0.05, 0) is 19.1 Å². The van der Waals surface area contributed by atoms with Gasteiger partial charge in [0.15, 0.2) is 0 Å². The average molecular weight is 317 g/mol. The van der Waals surface area contributed by atoms with Crippen LogP contribution in [0.3, 0.4) is 0 Å². The molecular formula is C16H19N3O2S. The molecule has 0 spiro atoms. The Morgan fingerprint density at radius 2 is 2.36 bits per heavy atom. The average Bonchev–Trinajstić information content (AvgIpc) is 3.06. The Morgan fingerprint density at radius 3 is 3.14 bits per heavy atom. The number of thiazole rings is 1. The number of hydrogen-bond acceptors (Lipinski definition) is 5. The van der Waals surface area contributed by atoms with Crippen LogP contribution in [-0.2, 0) is 6.61 Å². The van der Waals surface area contributed by atoms with Gasteiger partial charge in [0, 0.05) is 31.1 Å². The summed E-state index contributed by atoms with van der Waals surface area (Å²) in [6.07, 6.45) is 0. The molecule has 2 aromatic rings. The third-order valence-electron chi connectivity index (χ3n) is 3.63. The predicted octanol–water partition coefficient (Wildman–Crippen LogP) is 2.16. The van der Waals surface area contributed by atoms with Crippen molar-refractivity contribution in [2.24, 2.45) is 0 Å². The van der Waals surface area contributed by atoms with Crippen molar-refractivity contribution >= 4 is 17.2 Å². The number of nitrogens with one attached hydrogen (secondary N) is 1. The molecule has 1 N–H and O–H groups in total. The maximum Gasteiger partial charge on any atom is 0.257 e. The van der Waals surface area contributed by atoms with Crippen LogP contribution in [0.25, 0.3) is 0 Å². The third-order valence-corrected chi connectivity index (χ3v) is 4.27. The summed E-state index contributed by atoms with van der Waals surface area (Å²) in [5.74, 6) is 0.647. The number of para-hydroxylation sites is 1. The van der Waals surface area contributed by atoms with Crippen molar-refractivity contribution in [3.05, 3.63) is 46.4 Å². The second-order valence-corrected chi connectivity index (χ2v) is 6.09. The van der Waals surface area contributed by atoms with Crippen LogP contribution in [0.2, 0.25) is 0 Å². The number of aromatic nitrogens is 1. The van der Waals surface area contributed by atoms with Gasteiger partial charge in [-0.1, -0.05) is 12.1 Å². The highest BCUT2D eigenvalue weighted by atomic mass is 32.1. The molecule has 0 bridgehead atoms. The van der Waals surface area contributed by atoms with Crippen LogP contribution in [0, 0.1) is 0 Å². The molecule has 0 radical (unpaired) electrons. The minimum absolute atomic E-state index is 0.0298. The Morgan fingerprint density at radius 1 is 1.50 bits per heavy atom. The normalized spacial score (nSPS) is 18.2. The molecule has 1 atom stereocenters. The van der Waals surface area contributed by atoms with E-state index in [2.05, 4.69) is 17.2 Å². The molecule has 1 aliphatic rings. The van der Waals surface area contributed by atoms with E-state index in [1.165, 1.54) is 11.3 Å². The molecule has 22 heavy (non-hydrogen) atoms. The molecule has 6 heteroatoms. The number of rotatable bonds is 4. The molecule has 1 aromatic carbocycles. The molecule has 0 saturated carbocycles. The summed E-state index contributed by atoms with van der Waals surface area (Å²) in [5, 5.41) is 5.29. The molecule has 0 aliphatic carbocycles. The van der Waals surface area contributed by atoms with Crippen molar-refractivity contribution in [1.82, 2.24) is 15.2 Å². The highest BCUT2D eigenvalue weighted by Crippen LogP contribution is 2.21. The number of nitrogens with zero attached hydrogens (tertiary/aromatic N) is 2. The fraction of sp³-hybridized carbons (Fsp3) is 0.375. The summed E-state index contributed by atoms with van der Waals surface area (Å²) in [7, 11) is 0. The topological polar surface area (TPSA) is 54.5 Å². The Bertz CT molecular complexity index is 630. The first-order valence-electron chi connectivity index (χ1n) is 7.35. The number of benzene rings is 1. The van der Waals surface area contributed by atoms with E-state index in [0.29, 0.717) is 24.0 Å². The van der Waals surface area contributed by atoms with E-state index in [-0.39, 0.29) is 5.91 Å². The first-order valence-corrected chi connectivity index (χ1v) is 8.30. The van der Waals surface area contributed by atoms with E-state index in [9.17, 15) is 4.79 Å². The minimum atomic E-state index is 0.0298. The fourth-order valence-electron chi connectivity index (χ4n) is 2.52. The maximum absolute atomic E-state index is 12.7. The number of carbonyl (C=O) groups excluding carboxylic acids is 1. The van der Waals surface area contributed by atoms with Crippen LogP contribution in [0.5, 0.6) is 5.75 Å². The summed E-state index contributed by atoms with van der Waals surface area (Å²) >= 11 is 1.53. The van der Waals surface area contributed by atoms with Gasteiger partial charge >= 0.3 is 0 Å². The predicted molar refractivity (Wildman–Crippen MR) is 86.3 cm³/mol. The van der Waals surface area contributed by atoms with Crippen LogP contribution in [0.1, 0.15) is 23.0 Å². The Hall–Kier alpha value is -1.92. The summed E-state index contributed by atoms with van der Waals surface area (Å²) in [5.41, 5.74) is 3.27. The van der Waals surface area contributed by atoms with Gasteiger partial charge < -0.3 is 15.0 Å². The molecule has 2 heterocycles. The number of carbonyl (C=O) groups is 1. The zero-order valence-electron chi connectivity index (χ0n) is 12.5. The molecule has 1 aromatic heterocycles. The number of ether oxygens (including phenoxy) is 1. The van der Waals surface area contributed by atoms with Crippen molar-refractivity contribution in [2.45, 2.75) is 19.6 Å². The van der Waals surface area contributed by atoms with Gasteiger partial charge in [-0.2, -0.15) is 0 Å². The third kappa shape index (κ3) is 3.45. The van der Waals surface area contributed by atoms with E-state index in [0.717, 1.165) is 25.3 Å². The van der Waals surface area contributed by atoms with Crippen molar-refractivity contribution in [3.8, 4) is 5.75 Å². The van der Waals surface area contributed by atoms with Crippen molar-refractivity contribution < 1.29 is 9.53 Å². The van der Waals surface area contributed by atoms with E-state index in [1.807, 2.05) is 34.5 Å². The summed E-state index contributed by atoms with van der Waals surface area (Å²) in [4.78, 5) is 18.8. The lowest BCUT2D eigenvalue weighted by atomic mass is 10.1. The van der Waals surface area contributed by atoms with Crippen LogP contribution >= 0.6 is 11.3 Å². The fourth-order valence-corrected chi connectivity index (χ4v) is 3.06. The second kappa shape index (κ2) is 6.89. The van der Waals surface area contributed by atoms with Gasteiger partial charge in [-0.25, -0.2) is 4.98 Å². The Kier molecular flexibility index (Phi) is 4.70. The lowest BCUT2D eigenvalue weighted by molar-refractivity contribution is 0.0704. The van der Waals surface area contributed by atoms with Gasteiger partial charge in [-0.15, -0.1) is 11.3 Å². The van der Waals surface area contributed by atoms with Gasteiger partial charge in [0.25, 0.3) is 5.91 Å². The number of hydrogen-bond donors (Lipinski definition) is 1. The summed E-state index contributed by atoms with van der Waals surface area (Å²) in [6.45, 7) is 4.74. The monoisotopic (exact) mass is 317 g/mol. The van der Waals surface area contributed by atoms with E-state index in [1.54, 1.807) is 5.51 Å². The molecule has 1 fully saturated rings. The smallest absolute Gasteiger partial charge is 0.257 e. The zero-order chi connectivity index (χ0) is 15.4.